The average molecular weight is 324 g/mol. The van der Waals surface area contributed by atoms with Gasteiger partial charge in [-0.05, 0) is 6.07 Å². The highest BCUT2D eigenvalue weighted by Gasteiger charge is 2.15. The number of carbonyl (C=O) groups is 1. The zero-order chi connectivity index (χ0) is 15.9. The van der Waals surface area contributed by atoms with E-state index in [0.717, 1.165) is 0 Å². The topological polar surface area (TPSA) is 116 Å². The highest BCUT2D eigenvalue weighted by atomic mass is 32.1. The standard InChI is InChI=1S/C12H12N4O5S/c1-20-7-11-14-15-12(22-11)13-10(17)6-21-9-5-3-2-4-8(9)16(18)19/h2-5H,6-7H2,1H3,(H,13,15,17). The van der Waals surface area contributed by atoms with Crippen molar-refractivity contribution in [1.82, 2.24) is 10.2 Å². The molecule has 0 radical (unpaired) electrons. The van der Waals surface area contributed by atoms with Crippen LogP contribution in [-0.4, -0.2) is 34.7 Å². The first-order valence-electron chi connectivity index (χ1n) is 6.07. The normalized spacial score (nSPS) is 10.2. The van der Waals surface area contributed by atoms with Crippen LogP contribution in [0.5, 0.6) is 5.75 Å². The Balaban J connectivity index is 1.91. The summed E-state index contributed by atoms with van der Waals surface area (Å²) in [7, 11) is 1.53. The van der Waals surface area contributed by atoms with Crippen molar-refractivity contribution in [1.29, 1.82) is 0 Å². The second kappa shape index (κ2) is 7.43. The molecule has 0 aliphatic heterocycles. The summed E-state index contributed by atoms with van der Waals surface area (Å²) in [6, 6.07) is 5.83. The molecule has 0 aliphatic rings. The number of nitro groups is 1. The number of hydrogen-bond acceptors (Lipinski definition) is 8. The quantitative estimate of drug-likeness (QED) is 0.607. The second-order valence-corrected chi connectivity index (χ2v) is 5.06. The minimum absolute atomic E-state index is 0.0278. The summed E-state index contributed by atoms with van der Waals surface area (Å²) in [6.45, 7) is -0.0652. The SMILES string of the molecule is COCc1nnc(NC(=O)COc2ccccc2[N+](=O)[O-])s1. The summed E-state index contributed by atoms with van der Waals surface area (Å²) >= 11 is 1.17. The number of rotatable bonds is 7. The minimum Gasteiger partial charge on any atom is -0.477 e. The van der Waals surface area contributed by atoms with Crippen molar-refractivity contribution in [2.75, 3.05) is 19.0 Å². The second-order valence-electron chi connectivity index (χ2n) is 4.00. The van der Waals surface area contributed by atoms with Gasteiger partial charge in [-0.1, -0.05) is 23.5 Å². The molecule has 1 heterocycles. The van der Waals surface area contributed by atoms with E-state index in [0.29, 0.717) is 16.7 Å². The van der Waals surface area contributed by atoms with E-state index in [4.69, 9.17) is 9.47 Å². The molecule has 0 bridgehead atoms. The molecule has 9 nitrogen and oxygen atoms in total. The first-order chi connectivity index (χ1) is 10.6. The van der Waals surface area contributed by atoms with Gasteiger partial charge in [0.25, 0.3) is 5.91 Å². The first-order valence-corrected chi connectivity index (χ1v) is 6.89. The molecule has 0 fully saturated rings. The van der Waals surface area contributed by atoms with Gasteiger partial charge >= 0.3 is 5.69 Å². The van der Waals surface area contributed by atoms with E-state index in [1.165, 1.54) is 36.6 Å². The molecule has 2 aromatic rings. The van der Waals surface area contributed by atoms with Crippen LogP contribution in [0.25, 0.3) is 0 Å². The third-order valence-electron chi connectivity index (χ3n) is 2.40. The fourth-order valence-corrected chi connectivity index (χ4v) is 2.24. The van der Waals surface area contributed by atoms with Gasteiger partial charge in [-0.2, -0.15) is 0 Å². The Labute approximate surface area is 129 Å². The predicted octanol–water partition coefficient (Wildman–Crippen LogP) is 1.61. The third-order valence-corrected chi connectivity index (χ3v) is 3.21. The Morgan fingerprint density at radius 3 is 2.91 bits per heavy atom. The summed E-state index contributed by atoms with van der Waals surface area (Å²) < 4.78 is 10.1. The van der Waals surface area contributed by atoms with E-state index in [1.54, 1.807) is 6.07 Å². The molecule has 2 rings (SSSR count). The zero-order valence-electron chi connectivity index (χ0n) is 11.5. The zero-order valence-corrected chi connectivity index (χ0v) is 12.3. The maximum atomic E-state index is 11.7. The van der Waals surface area contributed by atoms with Gasteiger partial charge < -0.3 is 9.47 Å². The average Bonchev–Trinajstić information content (AvgIpc) is 2.93. The molecule has 1 aromatic carbocycles. The Kier molecular flexibility index (Phi) is 5.33. The minimum atomic E-state index is -0.574. The number of anilines is 1. The van der Waals surface area contributed by atoms with Crippen LogP contribution in [0.15, 0.2) is 24.3 Å². The van der Waals surface area contributed by atoms with E-state index in [-0.39, 0.29) is 18.0 Å². The maximum Gasteiger partial charge on any atom is 0.310 e. The van der Waals surface area contributed by atoms with Gasteiger partial charge in [-0.25, -0.2) is 0 Å². The van der Waals surface area contributed by atoms with Crippen molar-refractivity contribution in [3.05, 3.63) is 39.4 Å². The molecular weight excluding hydrogens is 312 g/mol. The van der Waals surface area contributed by atoms with Crippen molar-refractivity contribution in [3.8, 4) is 5.75 Å². The van der Waals surface area contributed by atoms with Gasteiger partial charge in [0.05, 0.1) is 4.92 Å². The highest BCUT2D eigenvalue weighted by Crippen LogP contribution is 2.25. The van der Waals surface area contributed by atoms with Crippen LogP contribution >= 0.6 is 11.3 Å². The number of methoxy groups -OCH3 is 1. The van der Waals surface area contributed by atoms with Gasteiger partial charge in [0, 0.05) is 13.2 Å². The molecule has 0 atom stereocenters. The van der Waals surface area contributed by atoms with Gasteiger partial charge in [0.2, 0.25) is 5.13 Å². The molecule has 1 aromatic heterocycles. The predicted molar refractivity (Wildman–Crippen MR) is 77.8 cm³/mol. The number of carbonyl (C=O) groups excluding carboxylic acids is 1. The molecule has 116 valence electrons. The van der Waals surface area contributed by atoms with Gasteiger partial charge in [-0.3, -0.25) is 20.2 Å². The van der Waals surface area contributed by atoms with Gasteiger partial charge in [0.15, 0.2) is 12.4 Å². The van der Waals surface area contributed by atoms with E-state index in [2.05, 4.69) is 15.5 Å². The van der Waals surface area contributed by atoms with E-state index >= 15 is 0 Å². The number of aromatic nitrogens is 2. The fraction of sp³-hybridized carbons (Fsp3) is 0.250. The lowest BCUT2D eigenvalue weighted by Crippen LogP contribution is -2.20. The third kappa shape index (κ3) is 4.20. The van der Waals surface area contributed by atoms with Crippen molar-refractivity contribution in [2.45, 2.75) is 6.61 Å². The molecule has 1 N–H and O–H groups in total. The maximum absolute atomic E-state index is 11.7. The Hall–Kier alpha value is -2.59. The number of nitro benzene ring substituents is 1. The molecule has 0 saturated carbocycles. The fourth-order valence-electron chi connectivity index (χ4n) is 1.51. The number of para-hydroxylation sites is 2. The number of ether oxygens (including phenoxy) is 2. The number of nitrogens with one attached hydrogen (secondary N) is 1. The van der Waals surface area contributed by atoms with Crippen LogP contribution in [0.2, 0.25) is 0 Å². The Morgan fingerprint density at radius 2 is 2.18 bits per heavy atom. The highest BCUT2D eigenvalue weighted by molar-refractivity contribution is 7.15. The monoisotopic (exact) mass is 324 g/mol. The number of nitrogens with zero attached hydrogens (tertiary/aromatic N) is 3. The van der Waals surface area contributed by atoms with Crippen molar-refractivity contribution < 1.29 is 19.2 Å². The molecule has 0 aliphatic carbocycles. The summed E-state index contributed by atoms with van der Waals surface area (Å²) in [5.74, 6) is -0.460. The van der Waals surface area contributed by atoms with Gasteiger partial charge in [-0.15, -0.1) is 10.2 Å². The van der Waals surface area contributed by atoms with Crippen molar-refractivity contribution in [2.24, 2.45) is 0 Å². The van der Waals surface area contributed by atoms with Crippen LogP contribution < -0.4 is 10.1 Å². The number of amides is 1. The van der Waals surface area contributed by atoms with E-state index in [9.17, 15) is 14.9 Å². The van der Waals surface area contributed by atoms with Crippen LogP contribution in [-0.2, 0) is 16.1 Å². The van der Waals surface area contributed by atoms with Crippen molar-refractivity contribution >= 4 is 28.1 Å². The Morgan fingerprint density at radius 1 is 1.41 bits per heavy atom. The summed E-state index contributed by atoms with van der Waals surface area (Å²) in [5.41, 5.74) is -0.200. The first kappa shape index (κ1) is 15.8. The van der Waals surface area contributed by atoms with E-state index in [1.807, 2.05) is 0 Å². The van der Waals surface area contributed by atoms with Crippen LogP contribution in [0, 0.1) is 10.1 Å². The summed E-state index contributed by atoms with van der Waals surface area (Å²) in [6.07, 6.45) is 0. The molecule has 10 heteroatoms. The summed E-state index contributed by atoms with van der Waals surface area (Å²) in [5, 5.41) is 21.8. The van der Waals surface area contributed by atoms with Crippen LogP contribution in [0.1, 0.15) is 5.01 Å². The summed E-state index contributed by atoms with van der Waals surface area (Å²) in [4.78, 5) is 22.0. The largest absolute Gasteiger partial charge is 0.477 e. The molecule has 1 amide bonds. The number of benzene rings is 1. The van der Waals surface area contributed by atoms with Crippen LogP contribution in [0.4, 0.5) is 10.8 Å². The lowest BCUT2D eigenvalue weighted by Gasteiger charge is -2.05. The van der Waals surface area contributed by atoms with Crippen LogP contribution in [0.3, 0.4) is 0 Å². The molecule has 22 heavy (non-hydrogen) atoms. The molecular formula is C12H12N4O5S. The Bertz CT molecular complexity index is 675. The molecule has 0 saturated heterocycles. The molecule has 0 unspecified atom stereocenters. The van der Waals surface area contributed by atoms with Crippen molar-refractivity contribution in [3.63, 3.8) is 0 Å². The lowest BCUT2D eigenvalue weighted by atomic mass is 10.3. The lowest BCUT2D eigenvalue weighted by molar-refractivity contribution is -0.385. The smallest absolute Gasteiger partial charge is 0.310 e. The molecule has 0 spiro atoms. The number of hydrogen-bond donors (Lipinski definition) is 1. The van der Waals surface area contributed by atoms with Gasteiger partial charge in [0.1, 0.15) is 11.6 Å². The van der Waals surface area contributed by atoms with E-state index < -0.39 is 10.8 Å².